The topological polar surface area (TPSA) is 58.6 Å². The number of carbonyl (C=O) groups excluding carboxylic acids is 2. The van der Waals surface area contributed by atoms with Crippen molar-refractivity contribution in [1.29, 1.82) is 0 Å². The number of benzene rings is 3. The zero-order chi connectivity index (χ0) is 25.4. The summed E-state index contributed by atoms with van der Waals surface area (Å²) in [6.45, 7) is 5.47. The van der Waals surface area contributed by atoms with Crippen LogP contribution in [0.1, 0.15) is 31.9 Å². The zero-order valence-corrected chi connectivity index (χ0v) is 21.7. The summed E-state index contributed by atoms with van der Waals surface area (Å²) in [6, 6.07) is 22.2. The average molecular weight is 541 g/mol. The number of carbonyl (C=O) groups is 2. The second kappa shape index (κ2) is 12.0. The predicted molar refractivity (Wildman–Crippen MR) is 138 cm³/mol. The van der Waals surface area contributed by atoms with Gasteiger partial charge < -0.3 is 15.0 Å². The van der Waals surface area contributed by atoms with Crippen molar-refractivity contribution >= 4 is 27.7 Å². The molecule has 0 aliphatic carbocycles. The lowest BCUT2D eigenvalue weighted by Crippen LogP contribution is -2.55. The highest BCUT2D eigenvalue weighted by Gasteiger charge is 2.32. The maximum absolute atomic E-state index is 14.1. The van der Waals surface area contributed by atoms with Gasteiger partial charge >= 0.3 is 0 Å². The molecular weight excluding hydrogens is 511 g/mol. The van der Waals surface area contributed by atoms with Crippen LogP contribution in [0.5, 0.6) is 5.75 Å². The summed E-state index contributed by atoms with van der Waals surface area (Å²) in [5, 5.41) is 3.01. The van der Waals surface area contributed by atoms with Gasteiger partial charge in [0.25, 0.3) is 5.91 Å². The number of nitrogens with zero attached hydrogens (tertiary/aromatic N) is 1. The van der Waals surface area contributed by atoms with Gasteiger partial charge in [-0.25, -0.2) is 4.39 Å². The molecule has 0 saturated carbocycles. The van der Waals surface area contributed by atoms with E-state index in [4.69, 9.17) is 4.74 Å². The van der Waals surface area contributed by atoms with Crippen LogP contribution in [0.15, 0.2) is 83.3 Å². The highest BCUT2D eigenvalue weighted by molar-refractivity contribution is 9.10. The van der Waals surface area contributed by atoms with Gasteiger partial charge in [0.05, 0.1) is 0 Å². The molecule has 0 radical (unpaired) electrons. The molecule has 0 saturated heterocycles. The lowest BCUT2D eigenvalue weighted by Gasteiger charge is -2.33. The molecule has 0 spiro atoms. The van der Waals surface area contributed by atoms with Crippen molar-refractivity contribution in [3.05, 3.63) is 100 Å². The maximum Gasteiger partial charge on any atom is 0.261 e. The molecule has 3 rings (SSSR count). The van der Waals surface area contributed by atoms with E-state index < -0.39 is 29.9 Å². The largest absolute Gasteiger partial charge is 0.481 e. The molecule has 0 aromatic heterocycles. The molecule has 0 fully saturated rings. The quantitative estimate of drug-likeness (QED) is 0.388. The SMILES string of the molecule is CC(C)(C)NC(=O)[C@@H](Cc1ccccc1)N(Cc1cccc(Br)c1)C(=O)COc1ccccc1F. The Labute approximate surface area is 214 Å². The average Bonchev–Trinajstić information content (AvgIpc) is 2.80. The summed E-state index contributed by atoms with van der Waals surface area (Å²) in [4.78, 5) is 28.5. The summed E-state index contributed by atoms with van der Waals surface area (Å²) >= 11 is 3.47. The number of nitrogens with one attached hydrogen (secondary N) is 1. The minimum Gasteiger partial charge on any atom is -0.481 e. The molecule has 1 N–H and O–H groups in total. The van der Waals surface area contributed by atoms with E-state index in [0.717, 1.165) is 15.6 Å². The van der Waals surface area contributed by atoms with E-state index in [1.165, 1.54) is 17.0 Å². The molecule has 2 amide bonds. The summed E-state index contributed by atoms with van der Waals surface area (Å²) in [7, 11) is 0. The molecule has 0 aliphatic rings. The minimum absolute atomic E-state index is 0.0120. The van der Waals surface area contributed by atoms with Gasteiger partial charge in [0.1, 0.15) is 6.04 Å². The van der Waals surface area contributed by atoms with Gasteiger partial charge in [0.2, 0.25) is 5.91 Å². The Hall–Kier alpha value is -3.19. The minimum atomic E-state index is -0.799. The number of para-hydroxylation sites is 1. The molecule has 184 valence electrons. The van der Waals surface area contributed by atoms with Crippen molar-refractivity contribution in [1.82, 2.24) is 10.2 Å². The number of halogens is 2. The van der Waals surface area contributed by atoms with Gasteiger partial charge in [-0.1, -0.05) is 70.5 Å². The molecule has 0 bridgehead atoms. The third-order valence-electron chi connectivity index (χ3n) is 5.20. The molecule has 3 aromatic rings. The highest BCUT2D eigenvalue weighted by Crippen LogP contribution is 2.20. The van der Waals surface area contributed by atoms with Crippen LogP contribution in [0.3, 0.4) is 0 Å². The van der Waals surface area contributed by atoms with Crippen molar-refractivity contribution in [2.45, 2.75) is 45.3 Å². The van der Waals surface area contributed by atoms with Crippen LogP contribution in [0, 0.1) is 5.82 Å². The first-order chi connectivity index (χ1) is 16.6. The summed E-state index contributed by atoms with van der Waals surface area (Å²) in [5.74, 6) is -1.25. The third kappa shape index (κ3) is 8.21. The smallest absolute Gasteiger partial charge is 0.261 e. The van der Waals surface area contributed by atoms with E-state index >= 15 is 0 Å². The summed E-state index contributed by atoms with van der Waals surface area (Å²) in [6.07, 6.45) is 0.322. The van der Waals surface area contributed by atoms with Gasteiger partial charge in [0.15, 0.2) is 18.2 Å². The van der Waals surface area contributed by atoms with E-state index in [1.807, 2.05) is 75.4 Å². The van der Waals surface area contributed by atoms with E-state index in [9.17, 15) is 14.0 Å². The van der Waals surface area contributed by atoms with Crippen molar-refractivity contribution < 1.29 is 18.7 Å². The summed E-state index contributed by atoms with van der Waals surface area (Å²) < 4.78 is 20.5. The van der Waals surface area contributed by atoms with Crippen LogP contribution in [0.2, 0.25) is 0 Å². The van der Waals surface area contributed by atoms with Crippen LogP contribution in [-0.4, -0.2) is 34.9 Å². The van der Waals surface area contributed by atoms with Gasteiger partial charge in [-0.15, -0.1) is 0 Å². The van der Waals surface area contributed by atoms with Gasteiger partial charge in [-0.05, 0) is 56.2 Å². The van der Waals surface area contributed by atoms with Crippen molar-refractivity contribution in [2.24, 2.45) is 0 Å². The fourth-order valence-corrected chi connectivity index (χ4v) is 4.07. The molecular formula is C28H30BrFN2O3. The first-order valence-corrected chi connectivity index (χ1v) is 12.2. The van der Waals surface area contributed by atoms with Crippen LogP contribution < -0.4 is 10.1 Å². The molecule has 0 heterocycles. The van der Waals surface area contributed by atoms with E-state index in [0.29, 0.717) is 6.42 Å². The third-order valence-corrected chi connectivity index (χ3v) is 5.69. The molecule has 0 unspecified atom stereocenters. The Kier molecular flexibility index (Phi) is 9.04. The number of amides is 2. The van der Waals surface area contributed by atoms with Crippen LogP contribution in [-0.2, 0) is 22.6 Å². The maximum atomic E-state index is 14.1. The fraction of sp³-hybridized carbons (Fsp3) is 0.286. The number of hydrogen-bond acceptors (Lipinski definition) is 3. The Balaban J connectivity index is 1.94. The number of hydrogen-bond donors (Lipinski definition) is 1. The molecule has 5 nitrogen and oxygen atoms in total. The zero-order valence-electron chi connectivity index (χ0n) is 20.1. The highest BCUT2D eigenvalue weighted by atomic mass is 79.9. The predicted octanol–water partition coefficient (Wildman–Crippen LogP) is 5.52. The normalized spacial score (nSPS) is 12.0. The second-order valence-electron chi connectivity index (χ2n) is 9.32. The lowest BCUT2D eigenvalue weighted by atomic mass is 10.0. The molecule has 1 atom stereocenters. The van der Waals surface area contributed by atoms with E-state index in [2.05, 4.69) is 21.2 Å². The number of ether oxygens (including phenoxy) is 1. The molecule has 7 heteroatoms. The first kappa shape index (κ1) is 26.4. The van der Waals surface area contributed by atoms with Crippen molar-refractivity contribution in [3.63, 3.8) is 0 Å². The lowest BCUT2D eigenvalue weighted by molar-refractivity contribution is -0.143. The number of rotatable bonds is 9. The van der Waals surface area contributed by atoms with Crippen LogP contribution in [0.25, 0.3) is 0 Å². The Morgan fingerprint density at radius 3 is 2.29 bits per heavy atom. The van der Waals surface area contributed by atoms with Crippen LogP contribution >= 0.6 is 15.9 Å². The van der Waals surface area contributed by atoms with Crippen molar-refractivity contribution in [3.8, 4) is 5.75 Å². The van der Waals surface area contributed by atoms with Gasteiger partial charge in [-0.2, -0.15) is 0 Å². The Morgan fingerprint density at radius 2 is 1.63 bits per heavy atom. The standard InChI is InChI=1S/C28H30BrFN2O3/c1-28(2,3)31-27(34)24(17-20-10-5-4-6-11-20)32(18-21-12-9-13-22(29)16-21)26(33)19-35-25-15-8-7-14-23(25)30/h4-16,24H,17-19H2,1-3H3,(H,31,34)/t24-/m1/s1. The van der Waals surface area contributed by atoms with E-state index in [1.54, 1.807) is 12.1 Å². The van der Waals surface area contributed by atoms with Crippen molar-refractivity contribution in [2.75, 3.05) is 6.61 Å². The van der Waals surface area contributed by atoms with Gasteiger partial charge in [0, 0.05) is 23.0 Å². The summed E-state index contributed by atoms with van der Waals surface area (Å²) in [5.41, 5.74) is 1.28. The van der Waals surface area contributed by atoms with E-state index in [-0.39, 0.29) is 18.2 Å². The monoisotopic (exact) mass is 540 g/mol. The van der Waals surface area contributed by atoms with Gasteiger partial charge in [-0.3, -0.25) is 9.59 Å². The first-order valence-electron chi connectivity index (χ1n) is 11.4. The Bertz CT molecular complexity index is 1150. The Morgan fingerprint density at radius 1 is 0.971 bits per heavy atom. The molecule has 35 heavy (non-hydrogen) atoms. The fourth-order valence-electron chi connectivity index (χ4n) is 3.62. The second-order valence-corrected chi connectivity index (χ2v) is 10.2. The molecule has 0 aliphatic heterocycles. The molecule has 3 aromatic carbocycles. The van der Waals surface area contributed by atoms with Crippen LogP contribution in [0.4, 0.5) is 4.39 Å².